The highest BCUT2D eigenvalue weighted by atomic mass is 31.2. The lowest BCUT2D eigenvalue weighted by atomic mass is 10.2. The van der Waals surface area contributed by atoms with E-state index >= 15 is 0 Å². The lowest BCUT2D eigenvalue weighted by molar-refractivity contribution is 0.0731. The normalized spacial score (nSPS) is 13.7. The van der Waals surface area contributed by atoms with Crippen molar-refractivity contribution < 1.29 is 31.7 Å². The van der Waals surface area contributed by atoms with Crippen molar-refractivity contribution in [1.29, 1.82) is 0 Å². The Bertz CT molecular complexity index is 406. The highest BCUT2D eigenvalue weighted by Gasteiger charge is 2.36. The van der Waals surface area contributed by atoms with Gasteiger partial charge in [0.2, 0.25) is 0 Å². The molecule has 0 N–H and O–H groups in total. The predicted molar refractivity (Wildman–Crippen MR) is 95.2 cm³/mol. The second kappa shape index (κ2) is 11.1. The Kier molecular flexibility index (Phi) is 11.2. The van der Waals surface area contributed by atoms with Gasteiger partial charge in [0.05, 0.1) is 25.4 Å². The van der Waals surface area contributed by atoms with Gasteiger partial charge in [-0.05, 0) is 39.5 Å². The third-order valence-electron chi connectivity index (χ3n) is 2.26. The van der Waals surface area contributed by atoms with E-state index in [1.54, 1.807) is 27.7 Å². The van der Waals surface area contributed by atoms with Gasteiger partial charge >= 0.3 is 15.4 Å². The lowest BCUT2D eigenvalue weighted by Crippen LogP contribution is -2.13. The summed E-state index contributed by atoms with van der Waals surface area (Å²) in [6.07, 6.45) is -1.23. The van der Waals surface area contributed by atoms with Gasteiger partial charge in [0, 0.05) is 0 Å². The van der Waals surface area contributed by atoms with Crippen molar-refractivity contribution >= 4 is 15.4 Å². The Morgan fingerprint density at radius 3 is 1.33 bits per heavy atom. The molecule has 0 aliphatic rings. The van der Waals surface area contributed by atoms with Crippen LogP contribution in [-0.4, -0.2) is 31.8 Å². The minimum absolute atomic E-state index is 0.173. The minimum atomic E-state index is -3.86. The molecule has 7 nitrogen and oxygen atoms in total. The SMILES string of the molecule is CC(C)COP(=O)(COP(=O)(OC(C)C)OC(C)C)OCC(C)C. The third kappa shape index (κ3) is 11.8. The summed E-state index contributed by atoms with van der Waals surface area (Å²) in [5.74, 6) is 0.346. The maximum absolute atomic E-state index is 12.8. The monoisotopic (exact) mass is 388 g/mol. The fraction of sp³-hybridized carbons (Fsp3) is 1.00. The van der Waals surface area contributed by atoms with E-state index in [4.69, 9.17) is 22.6 Å². The third-order valence-corrected chi connectivity index (χ3v) is 5.80. The molecule has 0 unspecified atom stereocenters. The molecule has 0 fully saturated rings. The van der Waals surface area contributed by atoms with E-state index in [0.717, 1.165) is 0 Å². The number of rotatable bonds is 13. The zero-order chi connectivity index (χ0) is 19.0. The second-order valence-corrected chi connectivity index (χ2v) is 10.6. The van der Waals surface area contributed by atoms with E-state index in [9.17, 15) is 9.13 Å². The van der Waals surface area contributed by atoms with Crippen molar-refractivity contribution in [2.75, 3.05) is 19.6 Å². The standard InChI is InChI=1S/C15H34O7P2/c1-12(2)9-18-23(16,19-10-13(3)4)11-20-24(17,21-14(5)6)22-15(7)8/h12-15H,9-11H2,1-8H3. The fourth-order valence-electron chi connectivity index (χ4n) is 1.38. The van der Waals surface area contributed by atoms with Crippen LogP contribution in [0.2, 0.25) is 0 Å². The Balaban J connectivity index is 5.01. The van der Waals surface area contributed by atoms with E-state index in [0.29, 0.717) is 0 Å². The lowest BCUT2D eigenvalue weighted by Gasteiger charge is -2.25. The summed E-state index contributed by atoms with van der Waals surface area (Å²) in [7, 11) is -7.42. The Hall–Kier alpha value is 0.260. The van der Waals surface area contributed by atoms with Crippen molar-refractivity contribution in [1.82, 2.24) is 0 Å². The van der Waals surface area contributed by atoms with E-state index in [1.807, 2.05) is 27.7 Å². The van der Waals surface area contributed by atoms with Crippen LogP contribution in [0.15, 0.2) is 0 Å². The van der Waals surface area contributed by atoms with Gasteiger partial charge in [0.25, 0.3) is 0 Å². The molecule has 0 bridgehead atoms. The van der Waals surface area contributed by atoms with Gasteiger partial charge in [0.15, 0.2) is 6.35 Å². The molecule has 0 amide bonds. The highest BCUT2D eigenvalue weighted by molar-refractivity contribution is 7.55. The van der Waals surface area contributed by atoms with Crippen LogP contribution in [0, 0.1) is 11.8 Å². The van der Waals surface area contributed by atoms with E-state index in [1.165, 1.54) is 0 Å². The first-order valence-corrected chi connectivity index (χ1v) is 11.6. The largest absolute Gasteiger partial charge is 0.475 e. The quantitative estimate of drug-likeness (QED) is 0.388. The molecule has 0 aromatic heterocycles. The molecule has 146 valence electrons. The zero-order valence-corrected chi connectivity index (χ0v) is 18.0. The molecule has 0 aromatic rings. The summed E-state index contributed by atoms with van der Waals surface area (Å²) in [5, 5.41) is 0. The van der Waals surface area contributed by atoms with Crippen LogP contribution in [0.5, 0.6) is 0 Å². The molecule has 0 saturated carbocycles. The number of phosphoric acid groups is 1. The predicted octanol–water partition coefficient (Wildman–Crippen LogP) is 5.46. The summed E-state index contributed by atoms with van der Waals surface area (Å²) in [6, 6.07) is 0. The van der Waals surface area contributed by atoms with Crippen molar-refractivity contribution in [3.8, 4) is 0 Å². The van der Waals surface area contributed by atoms with Crippen LogP contribution in [0.25, 0.3) is 0 Å². The molecule has 9 heteroatoms. The first-order chi connectivity index (χ1) is 10.9. The average molecular weight is 388 g/mol. The summed E-state index contributed by atoms with van der Waals surface area (Å²) < 4.78 is 52.2. The first kappa shape index (κ1) is 24.3. The molecule has 0 aromatic carbocycles. The summed E-state index contributed by atoms with van der Waals surface area (Å²) >= 11 is 0. The van der Waals surface area contributed by atoms with E-state index in [-0.39, 0.29) is 37.3 Å². The van der Waals surface area contributed by atoms with Crippen LogP contribution in [0.3, 0.4) is 0 Å². The van der Waals surface area contributed by atoms with E-state index in [2.05, 4.69) is 0 Å². The maximum atomic E-state index is 12.8. The van der Waals surface area contributed by atoms with Gasteiger partial charge in [-0.2, -0.15) is 0 Å². The Morgan fingerprint density at radius 2 is 1.04 bits per heavy atom. The average Bonchev–Trinajstić information content (AvgIpc) is 2.39. The molecular formula is C15H34O7P2. The number of phosphoric ester groups is 1. The molecule has 0 heterocycles. The smallest absolute Gasteiger partial charge is 0.307 e. The molecule has 0 rings (SSSR count). The summed E-state index contributed by atoms with van der Waals surface area (Å²) in [5.41, 5.74) is 0. The van der Waals surface area contributed by atoms with Crippen molar-refractivity contribution in [3.05, 3.63) is 0 Å². The van der Waals surface area contributed by atoms with Gasteiger partial charge in [-0.3, -0.25) is 18.1 Å². The molecule has 24 heavy (non-hydrogen) atoms. The van der Waals surface area contributed by atoms with Crippen LogP contribution in [0.1, 0.15) is 55.4 Å². The van der Waals surface area contributed by atoms with Crippen LogP contribution in [-0.2, 0) is 31.7 Å². The van der Waals surface area contributed by atoms with E-state index < -0.39 is 21.8 Å². The van der Waals surface area contributed by atoms with Gasteiger partial charge in [-0.15, -0.1) is 0 Å². The van der Waals surface area contributed by atoms with Gasteiger partial charge in [-0.1, -0.05) is 27.7 Å². The van der Waals surface area contributed by atoms with Crippen molar-refractivity contribution in [3.63, 3.8) is 0 Å². The van der Waals surface area contributed by atoms with Gasteiger partial charge in [0.1, 0.15) is 0 Å². The molecular weight excluding hydrogens is 354 g/mol. The number of hydrogen-bond acceptors (Lipinski definition) is 7. The van der Waals surface area contributed by atoms with Crippen LogP contribution in [0.4, 0.5) is 0 Å². The molecule has 0 radical (unpaired) electrons. The Labute approximate surface area is 146 Å². The zero-order valence-electron chi connectivity index (χ0n) is 16.2. The van der Waals surface area contributed by atoms with Crippen LogP contribution < -0.4 is 0 Å². The summed E-state index contributed by atoms with van der Waals surface area (Å²) in [6.45, 7) is 15.1. The minimum Gasteiger partial charge on any atom is -0.307 e. The Morgan fingerprint density at radius 1 is 0.667 bits per heavy atom. The topological polar surface area (TPSA) is 80.3 Å². The fourth-order valence-corrected chi connectivity index (χ4v) is 4.99. The van der Waals surface area contributed by atoms with Crippen molar-refractivity contribution in [2.24, 2.45) is 11.8 Å². The molecule has 0 aliphatic heterocycles. The van der Waals surface area contributed by atoms with Crippen LogP contribution >= 0.6 is 15.4 Å². The second-order valence-electron chi connectivity index (χ2n) is 7.00. The molecule has 0 spiro atoms. The number of hydrogen-bond donors (Lipinski definition) is 0. The first-order valence-electron chi connectivity index (χ1n) is 8.37. The molecule has 0 aliphatic carbocycles. The molecule has 0 atom stereocenters. The molecule has 0 saturated heterocycles. The van der Waals surface area contributed by atoms with Crippen molar-refractivity contribution in [2.45, 2.75) is 67.6 Å². The maximum Gasteiger partial charge on any atom is 0.475 e. The van der Waals surface area contributed by atoms with Gasteiger partial charge in [-0.25, -0.2) is 4.57 Å². The summed E-state index contributed by atoms with van der Waals surface area (Å²) in [4.78, 5) is 0. The highest BCUT2D eigenvalue weighted by Crippen LogP contribution is 2.58. The van der Waals surface area contributed by atoms with Gasteiger partial charge < -0.3 is 9.05 Å².